The van der Waals surface area contributed by atoms with E-state index >= 15 is 0 Å². The zero-order valence-corrected chi connectivity index (χ0v) is 14.8. The summed E-state index contributed by atoms with van der Waals surface area (Å²) < 4.78 is 15.9. The van der Waals surface area contributed by atoms with Gasteiger partial charge in [-0.15, -0.1) is 10.2 Å². The number of aromatic nitrogens is 2. The smallest absolute Gasteiger partial charge is 0.257 e. The fourth-order valence-corrected chi connectivity index (χ4v) is 2.64. The lowest BCUT2D eigenvalue weighted by Crippen LogP contribution is -2.19. The summed E-state index contributed by atoms with van der Waals surface area (Å²) in [7, 11) is 3.06. The van der Waals surface area contributed by atoms with Gasteiger partial charge in [-0.3, -0.25) is 4.79 Å². The van der Waals surface area contributed by atoms with Crippen LogP contribution in [0, 0.1) is 0 Å². The van der Waals surface area contributed by atoms with Gasteiger partial charge in [-0.2, -0.15) is 0 Å². The fourth-order valence-electron chi connectivity index (χ4n) is 2.64. The highest BCUT2D eigenvalue weighted by Crippen LogP contribution is 2.23. The SMILES string of the molecule is COc1cc(OC)cc(C(=O)Nc2ccc(NCC3CCCO3)nn2)c1. The Morgan fingerprint density at radius 1 is 1.15 bits per heavy atom. The van der Waals surface area contributed by atoms with Crippen LogP contribution in [0.25, 0.3) is 0 Å². The molecular weight excluding hydrogens is 336 g/mol. The highest BCUT2D eigenvalue weighted by molar-refractivity contribution is 6.04. The molecule has 0 aliphatic carbocycles. The van der Waals surface area contributed by atoms with Crippen LogP contribution in [0.3, 0.4) is 0 Å². The van der Waals surface area contributed by atoms with Crippen molar-refractivity contribution in [2.24, 2.45) is 0 Å². The number of hydrogen-bond acceptors (Lipinski definition) is 7. The van der Waals surface area contributed by atoms with Crippen LogP contribution in [0.1, 0.15) is 23.2 Å². The molecule has 1 aliphatic heterocycles. The number of nitrogens with zero attached hydrogens (tertiary/aromatic N) is 2. The molecule has 2 aromatic rings. The topological polar surface area (TPSA) is 94.6 Å². The normalized spacial score (nSPS) is 16.2. The summed E-state index contributed by atoms with van der Waals surface area (Å²) in [5.74, 6) is 1.75. The van der Waals surface area contributed by atoms with E-state index in [0.717, 1.165) is 19.4 Å². The number of hydrogen-bond donors (Lipinski definition) is 2. The van der Waals surface area contributed by atoms with E-state index in [9.17, 15) is 4.79 Å². The van der Waals surface area contributed by atoms with E-state index in [-0.39, 0.29) is 12.0 Å². The van der Waals surface area contributed by atoms with Crippen LogP contribution >= 0.6 is 0 Å². The Morgan fingerprint density at radius 2 is 1.85 bits per heavy atom. The van der Waals surface area contributed by atoms with Crippen molar-refractivity contribution in [1.29, 1.82) is 0 Å². The predicted octanol–water partition coefficient (Wildman–Crippen LogP) is 2.34. The first-order valence-corrected chi connectivity index (χ1v) is 8.41. The maximum Gasteiger partial charge on any atom is 0.257 e. The lowest BCUT2D eigenvalue weighted by molar-refractivity contribution is 0.102. The van der Waals surface area contributed by atoms with Gasteiger partial charge in [0.15, 0.2) is 5.82 Å². The highest BCUT2D eigenvalue weighted by atomic mass is 16.5. The van der Waals surface area contributed by atoms with Crippen molar-refractivity contribution in [3.05, 3.63) is 35.9 Å². The highest BCUT2D eigenvalue weighted by Gasteiger charge is 2.15. The molecule has 1 saturated heterocycles. The number of amides is 1. The molecule has 1 unspecified atom stereocenters. The Labute approximate surface area is 151 Å². The second kappa shape index (κ2) is 8.48. The van der Waals surface area contributed by atoms with Crippen LogP contribution in [0.4, 0.5) is 11.6 Å². The first-order valence-electron chi connectivity index (χ1n) is 8.41. The average molecular weight is 358 g/mol. The monoisotopic (exact) mass is 358 g/mol. The Kier molecular flexibility index (Phi) is 5.85. The molecule has 0 bridgehead atoms. The number of ether oxygens (including phenoxy) is 3. The number of benzene rings is 1. The molecule has 26 heavy (non-hydrogen) atoms. The van der Waals surface area contributed by atoms with E-state index < -0.39 is 0 Å². The third-order valence-electron chi connectivity index (χ3n) is 4.05. The molecule has 1 aliphatic rings. The summed E-state index contributed by atoms with van der Waals surface area (Å²) in [6, 6.07) is 8.42. The van der Waals surface area contributed by atoms with Crippen LogP contribution in [0.5, 0.6) is 11.5 Å². The largest absolute Gasteiger partial charge is 0.497 e. The van der Waals surface area contributed by atoms with Gasteiger partial charge >= 0.3 is 0 Å². The maximum absolute atomic E-state index is 12.4. The van der Waals surface area contributed by atoms with Crippen molar-refractivity contribution in [3.8, 4) is 11.5 Å². The molecule has 138 valence electrons. The molecular formula is C18H22N4O4. The number of nitrogens with one attached hydrogen (secondary N) is 2. The van der Waals surface area contributed by atoms with Gasteiger partial charge < -0.3 is 24.8 Å². The van der Waals surface area contributed by atoms with Crippen LogP contribution in [0.15, 0.2) is 30.3 Å². The molecule has 3 rings (SSSR count). The quantitative estimate of drug-likeness (QED) is 0.784. The summed E-state index contributed by atoms with van der Waals surface area (Å²) >= 11 is 0. The molecule has 1 aromatic carbocycles. The summed E-state index contributed by atoms with van der Waals surface area (Å²) in [5, 5.41) is 14.0. The summed E-state index contributed by atoms with van der Waals surface area (Å²) in [6.07, 6.45) is 2.37. The van der Waals surface area contributed by atoms with E-state index in [4.69, 9.17) is 14.2 Å². The van der Waals surface area contributed by atoms with Crippen molar-refractivity contribution < 1.29 is 19.0 Å². The van der Waals surface area contributed by atoms with Gasteiger partial charge in [0.05, 0.1) is 20.3 Å². The third kappa shape index (κ3) is 4.60. The zero-order valence-electron chi connectivity index (χ0n) is 14.8. The molecule has 0 radical (unpaired) electrons. The second-order valence-corrected chi connectivity index (χ2v) is 5.88. The van der Waals surface area contributed by atoms with Crippen molar-refractivity contribution in [2.75, 3.05) is 38.0 Å². The molecule has 8 heteroatoms. The molecule has 1 amide bonds. The minimum atomic E-state index is -0.323. The van der Waals surface area contributed by atoms with Crippen LogP contribution in [0.2, 0.25) is 0 Å². The van der Waals surface area contributed by atoms with Crippen molar-refractivity contribution in [2.45, 2.75) is 18.9 Å². The van der Waals surface area contributed by atoms with Crippen molar-refractivity contribution >= 4 is 17.5 Å². The molecule has 0 saturated carbocycles. The van der Waals surface area contributed by atoms with Gasteiger partial charge in [0.2, 0.25) is 0 Å². The molecule has 2 N–H and O–H groups in total. The molecule has 1 aromatic heterocycles. The Morgan fingerprint density at radius 3 is 2.42 bits per heavy atom. The van der Waals surface area contributed by atoms with E-state index in [0.29, 0.717) is 35.2 Å². The number of anilines is 2. The lowest BCUT2D eigenvalue weighted by atomic mass is 10.2. The molecule has 1 fully saturated rings. The maximum atomic E-state index is 12.4. The molecule has 0 spiro atoms. The van der Waals surface area contributed by atoms with Gasteiger partial charge in [0.25, 0.3) is 5.91 Å². The van der Waals surface area contributed by atoms with E-state index in [1.807, 2.05) is 0 Å². The average Bonchev–Trinajstić information content (AvgIpc) is 3.20. The van der Waals surface area contributed by atoms with Gasteiger partial charge in [-0.1, -0.05) is 0 Å². The van der Waals surface area contributed by atoms with Crippen molar-refractivity contribution in [1.82, 2.24) is 10.2 Å². The standard InChI is InChI=1S/C18H22N4O4/c1-24-14-8-12(9-15(10-14)25-2)18(23)20-17-6-5-16(21-22-17)19-11-13-4-3-7-26-13/h5-6,8-10,13H,3-4,7,11H2,1-2H3,(H,19,21)(H,20,22,23). The number of carbonyl (C=O) groups is 1. The zero-order chi connectivity index (χ0) is 18.4. The van der Waals surface area contributed by atoms with Gasteiger partial charge in [-0.25, -0.2) is 0 Å². The number of rotatable bonds is 7. The van der Waals surface area contributed by atoms with Gasteiger partial charge in [-0.05, 0) is 37.1 Å². The van der Waals surface area contributed by atoms with Crippen LogP contribution < -0.4 is 20.1 Å². The van der Waals surface area contributed by atoms with E-state index in [1.165, 1.54) is 14.2 Å². The summed E-state index contributed by atoms with van der Waals surface area (Å²) in [6.45, 7) is 1.52. The Balaban J connectivity index is 1.60. The van der Waals surface area contributed by atoms with Crippen LogP contribution in [-0.4, -0.2) is 49.6 Å². The summed E-state index contributed by atoms with van der Waals surface area (Å²) in [4.78, 5) is 12.4. The van der Waals surface area contributed by atoms with E-state index in [2.05, 4.69) is 20.8 Å². The first-order chi connectivity index (χ1) is 12.7. The molecule has 8 nitrogen and oxygen atoms in total. The fraction of sp³-hybridized carbons (Fsp3) is 0.389. The first kappa shape index (κ1) is 17.9. The van der Waals surface area contributed by atoms with E-state index in [1.54, 1.807) is 30.3 Å². The summed E-state index contributed by atoms with van der Waals surface area (Å²) in [5.41, 5.74) is 0.406. The lowest BCUT2D eigenvalue weighted by Gasteiger charge is -2.11. The number of carbonyl (C=O) groups excluding carboxylic acids is 1. The minimum absolute atomic E-state index is 0.222. The molecule has 2 heterocycles. The Bertz CT molecular complexity index is 723. The number of methoxy groups -OCH3 is 2. The van der Waals surface area contributed by atoms with Gasteiger partial charge in [0.1, 0.15) is 17.3 Å². The van der Waals surface area contributed by atoms with Gasteiger partial charge in [0, 0.05) is 24.8 Å². The third-order valence-corrected chi connectivity index (χ3v) is 4.05. The molecule has 1 atom stereocenters. The second-order valence-electron chi connectivity index (χ2n) is 5.88. The van der Waals surface area contributed by atoms with Crippen molar-refractivity contribution in [3.63, 3.8) is 0 Å². The Hall–Kier alpha value is -2.87. The van der Waals surface area contributed by atoms with Crippen LogP contribution in [-0.2, 0) is 4.74 Å². The minimum Gasteiger partial charge on any atom is -0.497 e. The predicted molar refractivity (Wildman–Crippen MR) is 97.0 cm³/mol.